The molecule has 0 spiro atoms. The minimum atomic E-state index is -0.326. The van der Waals surface area contributed by atoms with Crippen molar-refractivity contribution in [1.82, 2.24) is 0 Å². The normalized spacial score (nSPS) is 10.5. The molecule has 0 N–H and O–H groups in total. The van der Waals surface area contributed by atoms with Gasteiger partial charge in [0.05, 0.1) is 0 Å². The standard InChI is InChI=1S/C18H20FNO/c1-13-5-4-6-16(11-13)20(3)10-9-18(21)15-8-7-14(2)17(19)12-15/h4-8,11-12H,9-10H2,1-3H3. The molecule has 0 radical (unpaired) electrons. The second-order valence-corrected chi connectivity index (χ2v) is 5.40. The lowest BCUT2D eigenvalue weighted by molar-refractivity contribution is 0.0984. The average molecular weight is 285 g/mol. The van der Waals surface area contributed by atoms with Crippen LogP contribution in [-0.2, 0) is 0 Å². The van der Waals surface area contributed by atoms with Gasteiger partial charge in [-0.1, -0.05) is 24.3 Å². The maximum absolute atomic E-state index is 13.5. The number of carbonyl (C=O) groups excluding carboxylic acids is 1. The van der Waals surface area contributed by atoms with Gasteiger partial charge in [-0.2, -0.15) is 0 Å². The highest BCUT2D eigenvalue weighted by atomic mass is 19.1. The molecule has 0 amide bonds. The highest BCUT2D eigenvalue weighted by Gasteiger charge is 2.10. The minimum absolute atomic E-state index is 0.0339. The molecule has 0 atom stereocenters. The summed E-state index contributed by atoms with van der Waals surface area (Å²) < 4.78 is 13.5. The Morgan fingerprint density at radius 3 is 2.57 bits per heavy atom. The van der Waals surface area contributed by atoms with Gasteiger partial charge in [-0.3, -0.25) is 4.79 Å². The summed E-state index contributed by atoms with van der Waals surface area (Å²) in [5.41, 5.74) is 3.27. The largest absolute Gasteiger partial charge is 0.374 e. The number of ketones is 1. The first-order valence-electron chi connectivity index (χ1n) is 7.04. The maximum Gasteiger partial charge on any atom is 0.164 e. The maximum atomic E-state index is 13.5. The van der Waals surface area contributed by atoms with Gasteiger partial charge in [0.1, 0.15) is 5.82 Å². The van der Waals surface area contributed by atoms with E-state index >= 15 is 0 Å². The van der Waals surface area contributed by atoms with Crippen LogP contribution in [0.4, 0.5) is 10.1 Å². The SMILES string of the molecule is Cc1cccc(N(C)CCC(=O)c2ccc(C)c(F)c2)c1. The predicted molar refractivity (Wildman–Crippen MR) is 84.5 cm³/mol. The van der Waals surface area contributed by atoms with Crippen molar-refractivity contribution >= 4 is 11.5 Å². The summed E-state index contributed by atoms with van der Waals surface area (Å²) in [4.78, 5) is 14.2. The van der Waals surface area contributed by atoms with Crippen LogP contribution in [0.15, 0.2) is 42.5 Å². The third-order valence-electron chi connectivity index (χ3n) is 3.61. The van der Waals surface area contributed by atoms with E-state index in [1.165, 1.54) is 11.6 Å². The smallest absolute Gasteiger partial charge is 0.164 e. The van der Waals surface area contributed by atoms with E-state index in [4.69, 9.17) is 0 Å². The lowest BCUT2D eigenvalue weighted by Crippen LogP contribution is -2.21. The number of nitrogens with zero attached hydrogens (tertiary/aromatic N) is 1. The first-order chi connectivity index (χ1) is 9.97. The Morgan fingerprint density at radius 1 is 1.14 bits per heavy atom. The van der Waals surface area contributed by atoms with Crippen molar-refractivity contribution in [3.8, 4) is 0 Å². The molecular weight excluding hydrogens is 265 g/mol. The molecule has 2 aromatic carbocycles. The van der Waals surface area contributed by atoms with E-state index in [9.17, 15) is 9.18 Å². The Balaban J connectivity index is 1.99. The van der Waals surface area contributed by atoms with Crippen LogP contribution in [0.2, 0.25) is 0 Å². The number of carbonyl (C=O) groups is 1. The molecule has 0 aromatic heterocycles. The fourth-order valence-electron chi connectivity index (χ4n) is 2.17. The van der Waals surface area contributed by atoms with Crippen LogP contribution in [0.1, 0.15) is 27.9 Å². The fraction of sp³-hybridized carbons (Fsp3) is 0.278. The van der Waals surface area contributed by atoms with Crippen molar-refractivity contribution in [3.63, 3.8) is 0 Å². The second-order valence-electron chi connectivity index (χ2n) is 5.40. The van der Waals surface area contributed by atoms with Crippen LogP contribution in [-0.4, -0.2) is 19.4 Å². The number of Topliss-reactive ketones (excluding diaryl/α,β-unsaturated/α-hetero) is 1. The van der Waals surface area contributed by atoms with Gasteiger partial charge in [0.25, 0.3) is 0 Å². The molecule has 0 fully saturated rings. The van der Waals surface area contributed by atoms with Gasteiger partial charge < -0.3 is 4.90 Å². The third kappa shape index (κ3) is 3.91. The van der Waals surface area contributed by atoms with Gasteiger partial charge in [-0.25, -0.2) is 4.39 Å². The molecule has 2 aromatic rings. The molecule has 0 saturated carbocycles. The third-order valence-corrected chi connectivity index (χ3v) is 3.61. The number of aryl methyl sites for hydroxylation is 2. The van der Waals surface area contributed by atoms with Crippen LogP contribution in [0.5, 0.6) is 0 Å². The summed E-state index contributed by atoms with van der Waals surface area (Å²) in [6, 6.07) is 12.8. The average Bonchev–Trinajstić information content (AvgIpc) is 2.47. The van der Waals surface area contributed by atoms with Crippen molar-refractivity contribution in [2.24, 2.45) is 0 Å². The van der Waals surface area contributed by atoms with Crippen LogP contribution < -0.4 is 4.90 Å². The molecule has 0 aliphatic rings. The molecule has 21 heavy (non-hydrogen) atoms. The van der Waals surface area contributed by atoms with Gasteiger partial charge in [-0.05, 0) is 43.2 Å². The summed E-state index contributed by atoms with van der Waals surface area (Å²) in [6.07, 6.45) is 0.368. The van der Waals surface area contributed by atoms with Gasteiger partial charge in [0.15, 0.2) is 5.78 Å². The summed E-state index contributed by atoms with van der Waals surface area (Å²) in [5.74, 6) is -0.360. The van der Waals surface area contributed by atoms with E-state index < -0.39 is 0 Å². The van der Waals surface area contributed by atoms with Crippen LogP contribution in [0, 0.1) is 19.7 Å². The molecule has 0 heterocycles. The Morgan fingerprint density at radius 2 is 1.90 bits per heavy atom. The van der Waals surface area contributed by atoms with Gasteiger partial charge in [0, 0.05) is 31.3 Å². The van der Waals surface area contributed by atoms with Gasteiger partial charge in [0.2, 0.25) is 0 Å². The number of hydrogen-bond acceptors (Lipinski definition) is 2. The molecule has 2 nitrogen and oxygen atoms in total. The number of hydrogen-bond donors (Lipinski definition) is 0. The molecule has 0 bridgehead atoms. The lowest BCUT2D eigenvalue weighted by Gasteiger charge is -2.19. The highest BCUT2D eigenvalue weighted by Crippen LogP contribution is 2.16. The summed E-state index contributed by atoms with van der Waals surface area (Å²) in [6.45, 7) is 4.34. The molecular formula is C18H20FNO. The number of halogens is 1. The van der Waals surface area contributed by atoms with Crippen LogP contribution >= 0.6 is 0 Å². The minimum Gasteiger partial charge on any atom is -0.374 e. The molecule has 3 heteroatoms. The van der Waals surface area contributed by atoms with E-state index in [-0.39, 0.29) is 11.6 Å². The van der Waals surface area contributed by atoms with Gasteiger partial charge >= 0.3 is 0 Å². The van der Waals surface area contributed by atoms with Crippen molar-refractivity contribution < 1.29 is 9.18 Å². The van der Waals surface area contributed by atoms with Gasteiger partial charge in [-0.15, -0.1) is 0 Å². The zero-order valence-corrected chi connectivity index (χ0v) is 12.7. The molecule has 0 aliphatic heterocycles. The second kappa shape index (κ2) is 6.53. The first kappa shape index (κ1) is 15.2. The van der Waals surface area contributed by atoms with E-state index in [0.29, 0.717) is 24.1 Å². The van der Waals surface area contributed by atoms with E-state index in [1.807, 2.05) is 37.1 Å². The zero-order valence-electron chi connectivity index (χ0n) is 12.7. The predicted octanol–water partition coefficient (Wildman–Crippen LogP) is 4.15. The Kier molecular flexibility index (Phi) is 4.73. The highest BCUT2D eigenvalue weighted by molar-refractivity contribution is 5.96. The monoisotopic (exact) mass is 285 g/mol. The summed E-state index contributed by atoms with van der Waals surface area (Å²) >= 11 is 0. The fourth-order valence-corrected chi connectivity index (χ4v) is 2.17. The number of rotatable bonds is 5. The van der Waals surface area contributed by atoms with Crippen molar-refractivity contribution in [3.05, 3.63) is 65.0 Å². The topological polar surface area (TPSA) is 20.3 Å². The Labute approximate surface area is 125 Å². The molecule has 110 valence electrons. The van der Waals surface area contributed by atoms with Crippen molar-refractivity contribution in [2.75, 3.05) is 18.5 Å². The molecule has 2 rings (SSSR count). The molecule has 0 aliphatic carbocycles. The van der Waals surface area contributed by atoms with E-state index in [2.05, 4.69) is 6.07 Å². The molecule has 0 saturated heterocycles. The quantitative estimate of drug-likeness (QED) is 0.769. The lowest BCUT2D eigenvalue weighted by atomic mass is 10.1. The summed E-state index contributed by atoms with van der Waals surface area (Å²) in [5, 5.41) is 0. The van der Waals surface area contributed by atoms with Crippen LogP contribution in [0.25, 0.3) is 0 Å². The van der Waals surface area contributed by atoms with Crippen molar-refractivity contribution in [2.45, 2.75) is 20.3 Å². The van der Waals surface area contributed by atoms with E-state index in [0.717, 1.165) is 5.69 Å². The Bertz CT molecular complexity index is 651. The Hall–Kier alpha value is -2.16. The number of benzene rings is 2. The summed E-state index contributed by atoms with van der Waals surface area (Å²) in [7, 11) is 1.96. The van der Waals surface area contributed by atoms with E-state index in [1.54, 1.807) is 19.1 Å². The van der Waals surface area contributed by atoms with Crippen molar-refractivity contribution in [1.29, 1.82) is 0 Å². The molecule has 0 unspecified atom stereocenters. The first-order valence-corrected chi connectivity index (χ1v) is 7.04. The number of anilines is 1. The van der Waals surface area contributed by atoms with Crippen LogP contribution in [0.3, 0.4) is 0 Å². The zero-order chi connectivity index (χ0) is 15.4.